The lowest BCUT2D eigenvalue weighted by molar-refractivity contribution is -0.132. The summed E-state index contributed by atoms with van der Waals surface area (Å²) in [6.07, 6.45) is 2.57. The Morgan fingerprint density at radius 2 is 1.88 bits per heavy atom. The van der Waals surface area contributed by atoms with Gasteiger partial charge in [-0.1, -0.05) is 78.0 Å². The Bertz CT molecular complexity index is 1220. The molecule has 0 saturated carbocycles. The molecule has 4 rings (SSSR count). The topological polar surface area (TPSA) is 66.0 Å². The van der Waals surface area contributed by atoms with Crippen LogP contribution in [0, 0.1) is 0 Å². The minimum atomic E-state index is -0.941. The number of benzene rings is 2. The second kappa shape index (κ2) is 10.7. The van der Waals surface area contributed by atoms with Crippen molar-refractivity contribution in [3.05, 3.63) is 110 Å². The molecule has 2 heterocycles. The van der Waals surface area contributed by atoms with Crippen LogP contribution in [0.25, 0.3) is 6.08 Å². The Balaban J connectivity index is 1.65. The molecule has 0 unspecified atom stereocenters. The molecule has 2 N–H and O–H groups in total. The molecular weight excluding hydrogens is 460 g/mol. The van der Waals surface area contributed by atoms with Crippen molar-refractivity contribution in [1.29, 1.82) is 0 Å². The van der Waals surface area contributed by atoms with E-state index in [1.165, 1.54) is 5.56 Å². The number of thiophene rings is 1. The highest BCUT2D eigenvalue weighted by Gasteiger charge is 2.16. The van der Waals surface area contributed by atoms with E-state index in [9.17, 15) is 9.90 Å². The van der Waals surface area contributed by atoms with E-state index >= 15 is 0 Å². The number of aromatic nitrogens is 2. The van der Waals surface area contributed by atoms with Crippen molar-refractivity contribution >= 4 is 46.7 Å². The number of halogens is 1. The molecule has 0 fully saturated rings. The number of thioether (sulfide) groups is 1. The van der Waals surface area contributed by atoms with E-state index in [-0.39, 0.29) is 0 Å². The number of nitrogens with zero attached hydrogens (tertiary/aromatic N) is 1. The number of carboxylic acids is 1. The molecule has 0 aliphatic carbocycles. The van der Waals surface area contributed by atoms with Gasteiger partial charge in [0.15, 0.2) is 5.16 Å². The maximum Gasteiger partial charge on any atom is 0.332 e. The number of hydrogen-bond acceptors (Lipinski definition) is 4. The third-order valence-corrected chi connectivity index (χ3v) is 7.05. The second-order valence-corrected chi connectivity index (χ2v) is 9.58. The van der Waals surface area contributed by atoms with Crippen LogP contribution >= 0.6 is 34.7 Å². The number of nitrogens with one attached hydrogen (secondary N) is 1. The summed E-state index contributed by atoms with van der Waals surface area (Å²) in [7, 11) is 0. The van der Waals surface area contributed by atoms with E-state index in [0.717, 1.165) is 27.0 Å². The standard InChI is InChI=1S/C25H21ClN2O2S2/c26-21-11-5-4-9-18(21)14-22-23(15-19(24(29)30)13-20-10-6-12-31-20)28-25(27-22)32-16-17-7-2-1-3-8-17/h1-12,15H,13-14,16H2,(H,27,28)(H,29,30). The van der Waals surface area contributed by atoms with Crippen molar-refractivity contribution in [2.24, 2.45) is 0 Å². The molecule has 7 heteroatoms. The van der Waals surface area contributed by atoms with Crippen LogP contribution in [-0.4, -0.2) is 21.0 Å². The Kier molecular flexibility index (Phi) is 7.47. The molecule has 162 valence electrons. The first-order chi connectivity index (χ1) is 15.6. The molecule has 4 nitrogen and oxygen atoms in total. The number of hydrogen-bond donors (Lipinski definition) is 2. The molecule has 0 aliphatic heterocycles. The van der Waals surface area contributed by atoms with Gasteiger partial charge in [-0.2, -0.15) is 0 Å². The summed E-state index contributed by atoms with van der Waals surface area (Å²) in [5, 5.41) is 13.2. The Labute approximate surface area is 200 Å². The Morgan fingerprint density at radius 3 is 2.59 bits per heavy atom. The molecular formula is C25H21ClN2O2S2. The van der Waals surface area contributed by atoms with Crippen LogP contribution in [-0.2, 0) is 23.4 Å². The van der Waals surface area contributed by atoms with Gasteiger partial charge in [-0.15, -0.1) is 11.3 Å². The van der Waals surface area contributed by atoms with Gasteiger partial charge < -0.3 is 10.1 Å². The summed E-state index contributed by atoms with van der Waals surface area (Å²) in [5.41, 5.74) is 3.94. The first kappa shape index (κ1) is 22.4. The van der Waals surface area contributed by atoms with Crippen LogP contribution in [0.2, 0.25) is 5.02 Å². The van der Waals surface area contributed by atoms with Crippen molar-refractivity contribution in [2.45, 2.75) is 23.8 Å². The van der Waals surface area contributed by atoms with Crippen LogP contribution in [0.3, 0.4) is 0 Å². The summed E-state index contributed by atoms with van der Waals surface area (Å²) in [6, 6.07) is 21.7. The first-order valence-electron chi connectivity index (χ1n) is 10.0. The normalized spacial score (nSPS) is 11.6. The van der Waals surface area contributed by atoms with Gasteiger partial charge in [-0.25, -0.2) is 9.78 Å². The average Bonchev–Trinajstić information content (AvgIpc) is 3.44. The van der Waals surface area contributed by atoms with Gasteiger partial charge in [0.1, 0.15) is 0 Å². The fraction of sp³-hybridized carbons (Fsp3) is 0.120. The molecule has 32 heavy (non-hydrogen) atoms. The summed E-state index contributed by atoms with van der Waals surface area (Å²) in [6.45, 7) is 0. The van der Waals surface area contributed by atoms with Gasteiger partial charge in [0.25, 0.3) is 0 Å². The molecule has 0 amide bonds. The van der Waals surface area contributed by atoms with Crippen molar-refractivity contribution in [3.8, 4) is 0 Å². The highest BCUT2D eigenvalue weighted by Crippen LogP contribution is 2.27. The third kappa shape index (κ3) is 5.91. The van der Waals surface area contributed by atoms with E-state index in [4.69, 9.17) is 16.6 Å². The monoisotopic (exact) mass is 480 g/mol. The zero-order valence-corrected chi connectivity index (χ0v) is 19.5. The number of aliphatic carboxylic acids is 1. The summed E-state index contributed by atoms with van der Waals surface area (Å²) in [5.74, 6) is -0.173. The SMILES string of the molecule is O=C(O)C(=Cc1nc(SCc2ccccc2)[nH]c1Cc1ccccc1Cl)Cc1cccs1. The zero-order chi connectivity index (χ0) is 22.3. The van der Waals surface area contributed by atoms with Gasteiger partial charge in [0, 0.05) is 39.8 Å². The molecule has 0 spiro atoms. The number of imidazole rings is 1. The second-order valence-electron chi connectivity index (χ2n) is 7.18. The molecule has 2 aromatic heterocycles. The van der Waals surface area contributed by atoms with Gasteiger partial charge >= 0.3 is 5.97 Å². The van der Waals surface area contributed by atoms with E-state index in [1.807, 2.05) is 60.0 Å². The van der Waals surface area contributed by atoms with E-state index in [0.29, 0.717) is 29.1 Å². The maximum absolute atomic E-state index is 11.9. The van der Waals surface area contributed by atoms with Crippen LogP contribution in [0.15, 0.2) is 82.8 Å². The van der Waals surface area contributed by atoms with Crippen molar-refractivity contribution in [2.75, 3.05) is 0 Å². The number of carboxylic acid groups (broad SMARTS) is 1. The fourth-order valence-corrected chi connectivity index (χ4v) is 5.02. The average molecular weight is 481 g/mol. The van der Waals surface area contributed by atoms with Gasteiger partial charge in [0.05, 0.1) is 5.69 Å². The highest BCUT2D eigenvalue weighted by molar-refractivity contribution is 7.98. The van der Waals surface area contributed by atoms with Crippen LogP contribution in [0.5, 0.6) is 0 Å². The van der Waals surface area contributed by atoms with Crippen molar-refractivity contribution in [1.82, 2.24) is 9.97 Å². The molecule has 0 saturated heterocycles. The van der Waals surface area contributed by atoms with Crippen LogP contribution in [0.4, 0.5) is 0 Å². The quantitative estimate of drug-likeness (QED) is 0.206. The largest absolute Gasteiger partial charge is 0.478 e. The van der Waals surface area contributed by atoms with Crippen LogP contribution in [0.1, 0.15) is 27.4 Å². The Morgan fingerprint density at radius 1 is 1.09 bits per heavy atom. The summed E-state index contributed by atoms with van der Waals surface area (Å²) in [4.78, 5) is 21.1. The number of rotatable bonds is 9. The minimum absolute atomic E-state index is 0.305. The van der Waals surface area contributed by atoms with Gasteiger partial charge in [-0.05, 0) is 34.7 Å². The maximum atomic E-state index is 11.9. The fourth-order valence-electron chi connectivity index (χ4n) is 3.23. The molecule has 0 radical (unpaired) electrons. The minimum Gasteiger partial charge on any atom is -0.478 e. The van der Waals surface area contributed by atoms with Gasteiger partial charge in [0.2, 0.25) is 0 Å². The van der Waals surface area contributed by atoms with Gasteiger partial charge in [-0.3, -0.25) is 0 Å². The van der Waals surface area contributed by atoms with E-state index in [1.54, 1.807) is 29.2 Å². The zero-order valence-electron chi connectivity index (χ0n) is 17.1. The lowest BCUT2D eigenvalue weighted by atomic mass is 10.1. The third-order valence-electron chi connectivity index (χ3n) is 4.86. The van der Waals surface area contributed by atoms with Crippen molar-refractivity contribution < 1.29 is 9.90 Å². The summed E-state index contributed by atoms with van der Waals surface area (Å²) < 4.78 is 0. The van der Waals surface area contributed by atoms with Crippen LogP contribution < -0.4 is 0 Å². The van der Waals surface area contributed by atoms with E-state index in [2.05, 4.69) is 17.1 Å². The molecule has 4 aromatic rings. The Hall–Kier alpha value is -2.80. The number of aromatic amines is 1. The lowest BCUT2D eigenvalue weighted by Gasteiger charge is -2.04. The first-order valence-corrected chi connectivity index (χ1v) is 12.3. The number of carbonyl (C=O) groups is 1. The molecule has 0 atom stereocenters. The summed E-state index contributed by atoms with van der Waals surface area (Å²) >= 11 is 9.51. The predicted molar refractivity (Wildman–Crippen MR) is 132 cm³/mol. The van der Waals surface area contributed by atoms with E-state index < -0.39 is 5.97 Å². The molecule has 0 aliphatic rings. The molecule has 2 aromatic carbocycles. The smallest absolute Gasteiger partial charge is 0.332 e. The molecule has 0 bridgehead atoms. The highest BCUT2D eigenvalue weighted by atomic mass is 35.5. The predicted octanol–water partition coefficient (Wildman–Crippen LogP) is 6.72. The number of H-pyrrole nitrogens is 1. The van der Waals surface area contributed by atoms with Crippen molar-refractivity contribution in [3.63, 3.8) is 0 Å². The lowest BCUT2D eigenvalue weighted by Crippen LogP contribution is -2.04.